The van der Waals surface area contributed by atoms with Gasteiger partial charge in [0.05, 0.1) is 35.3 Å². The van der Waals surface area contributed by atoms with E-state index in [0.29, 0.717) is 5.88 Å². The van der Waals surface area contributed by atoms with Gasteiger partial charge >= 0.3 is 0 Å². The maximum Gasteiger partial charge on any atom is 0.111 e. The second-order valence-corrected chi connectivity index (χ2v) is 6.23. The third kappa shape index (κ3) is 3.19. The monoisotopic (exact) mass is 327 g/mol. The average Bonchev–Trinajstić information content (AvgIpc) is 2.79. The predicted octanol–water partition coefficient (Wildman–Crippen LogP) is 2.80. The van der Waals surface area contributed by atoms with Gasteiger partial charge in [0.2, 0.25) is 0 Å². The van der Waals surface area contributed by atoms with E-state index in [-0.39, 0.29) is 6.10 Å². The van der Waals surface area contributed by atoms with Gasteiger partial charge in [-0.25, -0.2) is 4.98 Å². The molecule has 114 valence electrons. The number of hydrogen-bond donors (Lipinski definition) is 0. The van der Waals surface area contributed by atoms with Crippen LogP contribution in [-0.4, -0.2) is 53.2 Å². The number of fused-ring (bicyclic) bond motifs is 1. The highest BCUT2D eigenvalue weighted by Crippen LogP contribution is 2.26. The number of benzene rings is 1. The van der Waals surface area contributed by atoms with E-state index in [2.05, 4.69) is 21.5 Å². The number of morpholine rings is 1. The number of hydrogen-bond acceptors (Lipinski definition) is 3. The molecule has 0 saturated carbocycles. The Morgan fingerprint density at radius 1 is 1.43 bits per heavy atom. The van der Waals surface area contributed by atoms with Crippen LogP contribution in [0.5, 0.6) is 0 Å². The zero-order valence-corrected chi connectivity index (χ0v) is 13.6. The van der Waals surface area contributed by atoms with Crippen molar-refractivity contribution in [3.05, 3.63) is 29.0 Å². The number of aryl methyl sites for hydroxylation is 1. The zero-order valence-electron chi connectivity index (χ0n) is 12.1. The third-order valence-electron chi connectivity index (χ3n) is 3.84. The van der Waals surface area contributed by atoms with Crippen LogP contribution in [-0.2, 0) is 17.7 Å². The lowest BCUT2D eigenvalue weighted by atomic mass is 10.2. The minimum absolute atomic E-state index is 0.159. The Hall–Kier alpha value is -0.810. The van der Waals surface area contributed by atoms with Crippen molar-refractivity contribution in [3.63, 3.8) is 0 Å². The molecule has 1 aliphatic rings. The second-order valence-electron chi connectivity index (χ2n) is 5.44. The minimum Gasteiger partial charge on any atom is -0.374 e. The fraction of sp³-hybridized carbons (Fsp3) is 0.533. The molecule has 0 aliphatic carbocycles. The van der Waals surface area contributed by atoms with E-state index in [1.54, 1.807) is 0 Å². The summed E-state index contributed by atoms with van der Waals surface area (Å²) in [4.78, 5) is 6.96. The van der Waals surface area contributed by atoms with E-state index in [9.17, 15) is 0 Å². The third-order valence-corrected chi connectivity index (χ3v) is 4.34. The van der Waals surface area contributed by atoms with Crippen LogP contribution in [0.4, 0.5) is 0 Å². The Kier molecular flexibility index (Phi) is 4.69. The molecule has 6 heteroatoms. The standard InChI is InChI=1S/C15H19Cl2N3O/c1-19-7-8-21-11(9-19)10-20-14(5-6-16)18-13-4-2-3-12(17)15(13)20/h2-4,11H,5-10H2,1H3. The normalized spacial score (nSPS) is 20.2. The SMILES string of the molecule is CN1CCOC(Cn2c(CCCl)nc3cccc(Cl)c32)C1. The molecule has 0 radical (unpaired) electrons. The summed E-state index contributed by atoms with van der Waals surface area (Å²) in [7, 11) is 2.12. The molecular weight excluding hydrogens is 309 g/mol. The van der Waals surface area contributed by atoms with Gasteiger partial charge in [-0.05, 0) is 19.2 Å². The van der Waals surface area contributed by atoms with Crippen LogP contribution in [0, 0.1) is 0 Å². The summed E-state index contributed by atoms with van der Waals surface area (Å²) in [6.07, 6.45) is 0.890. The molecule has 0 bridgehead atoms. The lowest BCUT2D eigenvalue weighted by molar-refractivity contribution is -0.0272. The van der Waals surface area contributed by atoms with Crippen molar-refractivity contribution in [3.8, 4) is 0 Å². The first-order valence-electron chi connectivity index (χ1n) is 7.19. The summed E-state index contributed by atoms with van der Waals surface area (Å²) in [5, 5.41) is 0.727. The second kappa shape index (κ2) is 6.53. The van der Waals surface area contributed by atoms with Crippen molar-refractivity contribution >= 4 is 34.2 Å². The molecule has 1 atom stereocenters. The first-order valence-corrected chi connectivity index (χ1v) is 8.10. The van der Waals surface area contributed by atoms with Crippen molar-refractivity contribution in [1.82, 2.24) is 14.5 Å². The van der Waals surface area contributed by atoms with Gasteiger partial charge in [-0.3, -0.25) is 0 Å². The molecule has 1 aliphatic heterocycles. The van der Waals surface area contributed by atoms with Crippen molar-refractivity contribution in [2.45, 2.75) is 19.1 Å². The molecule has 4 nitrogen and oxygen atoms in total. The van der Waals surface area contributed by atoms with Crippen molar-refractivity contribution < 1.29 is 4.74 Å². The molecule has 1 fully saturated rings. The first kappa shape index (κ1) is 15.1. The van der Waals surface area contributed by atoms with Gasteiger partial charge in [0, 0.05) is 25.4 Å². The predicted molar refractivity (Wildman–Crippen MR) is 86.4 cm³/mol. The molecule has 0 spiro atoms. The number of aromatic nitrogens is 2. The Morgan fingerprint density at radius 3 is 3.05 bits per heavy atom. The molecule has 0 amide bonds. The Balaban J connectivity index is 1.96. The van der Waals surface area contributed by atoms with E-state index in [4.69, 9.17) is 27.9 Å². The summed E-state index contributed by atoms with van der Waals surface area (Å²) in [5.74, 6) is 1.52. The number of alkyl halides is 1. The highest BCUT2D eigenvalue weighted by Gasteiger charge is 2.21. The number of ether oxygens (including phenoxy) is 1. The number of halogens is 2. The van der Waals surface area contributed by atoms with Crippen LogP contribution >= 0.6 is 23.2 Å². The summed E-state index contributed by atoms with van der Waals surface area (Å²) >= 11 is 12.3. The van der Waals surface area contributed by atoms with Gasteiger partial charge in [-0.2, -0.15) is 0 Å². The van der Waals surface area contributed by atoms with Gasteiger partial charge in [0.25, 0.3) is 0 Å². The number of rotatable bonds is 4. The van der Waals surface area contributed by atoms with E-state index in [1.165, 1.54) is 0 Å². The zero-order chi connectivity index (χ0) is 14.8. The van der Waals surface area contributed by atoms with Crippen molar-refractivity contribution in [2.24, 2.45) is 0 Å². The number of nitrogens with zero attached hydrogens (tertiary/aromatic N) is 3. The fourth-order valence-electron chi connectivity index (χ4n) is 2.84. The van der Waals surface area contributed by atoms with Crippen molar-refractivity contribution in [2.75, 3.05) is 32.6 Å². The van der Waals surface area contributed by atoms with E-state index in [0.717, 1.165) is 54.5 Å². The number of likely N-dealkylation sites (N-methyl/N-ethyl adjacent to an activating group) is 1. The van der Waals surface area contributed by atoms with Crippen molar-refractivity contribution in [1.29, 1.82) is 0 Å². The van der Waals surface area contributed by atoms with Gasteiger partial charge < -0.3 is 14.2 Å². The highest BCUT2D eigenvalue weighted by molar-refractivity contribution is 6.35. The van der Waals surface area contributed by atoms with Crippen LogP contribution in [0.3, 0.4) is 0 Å². The Labute approximate surface area is 134 Å². The van der Waals surface area contributed by atoms with Gasteiger partial charge in [0.1, 0.15) is 5.82 Å². The molecule has 1 aromatic carbocycles. The number of para-hydroxylation sites is 1. The maximum atomic E-state index is 6.38. The summed E-state index contributed by atoms with van der Waals surface area (Å²) < 4.78 is 8.05. The minimum atomic E-state index is 0.159. The molecule has 2 aromatic rings. The first-order chi connectivity index (χ1) is 10.2. The summed E-state index contributed by atoms with van der Waals surface area (Å²) in [6, 6.07) is 5.82. The highest BCUT2D eigenvalue weighted by atomic mass is 35.5. The quantitative estimate of drug-likeness (QED) is 0.809. The van der Waals surface area contributed by atoms with Crippen LogP contribution in [0.25, 0.3) is 11.0 Å². The lowest BCUT2D eigenvalue weighted by Gasteiger charge is -2.30. The van der Waals surface area contributed by atoms with E-state index < -0.39 is 0 Å². The molecule has 1 unspecified atom stereocenters. The Bertz CT molecular complexity index is 629. The average molecular weight is 328 g/mol. The molecule has 1 saturated heterocycles. The van der Waals surface area contributed by atoms with Crippen LogP contribution in [0.2, 0.25) is 5.02 Å². The summed E-state index contributed by atoms with van der Waals surface area (Å²) in [6.45, 7) is 3.43. The topological polar surface area (TPSA) is 30.3 Å². The molecule has 0 N–H and O–H groups in total. The maximum absolute atomic E-state index is 6.38. The smallest absolute Gasteiger partial charge is 0.111 e. The molecule has 1 aromatic heterocycles. The van der Waals surface area contributed by atoms with Gasteiger partial charge in [-0.1, -0.05) is 17.7 Å². The largest absolute Gasteiger partial charge is 0.374 e. The lowest BCUT2D eigenvalue weighted by Crippen LogP contribution is -2.42. The van der Waals surface area contributed by atoms with Gasteiger partial charge in [-0.15, -0.1) is 11.6 Å². The fourth-order valence-corrected chi connectivity index (χ4v) is 3.28. The van der Waals surface area contributed by atoms with E-state index >= 15 is 0 Å². The molecule has 2 heterocycles. The van der Waals surface area contributed by atoms with Crippen LogP contribution in [0.1, 0.15) is 5.82 Å². The van der Waals surface area contributed by atoms with Gasteiger partial charge in [0.15, 0.2) is 0 Å². The Morgan fingerprint density at radius 2 is 2.29 bits per heavy atom. The van der Waals surface area contributed by atoms with Crippen LogP contribution in [0.15, 0.2) is 18.2 Å². The van der Waals surface area contributed by atoms with E-state index in [1.807, 2.05) is 18.2 Å². The molecule has 21 heavy (non-hydrogen) atoms. The van der Waals surface area contributed by atoms with Crippen LogP contribution < -0.4 is 0 Å². The number of imidazole rings is 1. The molecule has 3 rings (SSSR count). The summed E-state index contributed by atoms with van der Waals surface area (Å²) in [5.41, 5.74) is 1.91. The molecular formula is C15H19Cl2N3O.